The summed E-state index contributed by atoms with van der Waals surface area (Å²) in [5.74, 6) is -3.50. The van der Waals surface area contributed by atoms with Crippen LogP contribution in [-0.2, 0) is 11.2 Å². The van der Waals surface area contributed by atoms with E-state index in [1.807, 2.05) is 0 Å². The van der Waals surface area contributed by atoms with E-state index in [-0.39, 0.29) is 29.4 Å². The van der Waals surface area contributed by atoms with E-state index in [1.165, 1.54) is 18.2 Å². The van der Waals surface area contributed by atoms with Gasteiger partial charge in [-0.15, -0.1) is 0 Å². The fourth-order valence-corrected chi connectivity index (χ4v) is 1.75. The summed E-state index contributed by atoms with van der Waals surface area (Å²) in [6, 6.07) is 4.13. The molecule has 114 valence electrons. The molecular weight excluding hydrogens is 277 g/mol. The molecule has 0 aliphatic carbocycles. The minimum Gasteiger partial charge on any atom is -0.507 e. The molecule has 1 rings (SSSR count). The van der Waals surface area contributed by atoms with Crippen molar-refractivity contribution in [2.75, 3.05) is 0 Å². The first kappa shape index (κ1) is 17.0. The van der Waals surface area contributed by atoms with Gasteiger partial charge in [-0.2, -0.15) is 0 Å². The molecule has 5 N–H and O–H groups in total. The highest BCUT2D eigenvalue weighted by atomic mass is 16.4. The highest BCUT2D eigenvalue weighted by molar-refractivity contribution is 6.43. The molecule has 7 nitrogen and oxygen atoms in total. The molecule has 0 spiro atoms. The minimum absolute atomic E-state index is 0.108. The summed E-state index contributed by atoms with van der Waals surface area (Å²) in [5, 5.41) is 39.9. The molecule has 1 unspecified atom stereocenters. The number of rotatable bonds is 6. The van der Waals surface area contributed by atoms with Gasteiger partial charge in [0.05, 0.1) is 5.94 Å². The summed E-state index contributed by atoms with van der Waals surface area (Å²) in [4.78, 5) is 22.6. The molecule has 0 radical (unpaired) electrons. The van der Waals surface area contributed by atoms with Crippen LogP contribution < -0.4 is 5.32 Å². The summed E-state index contributed by atoms with van der Waals surface area (Å²) in [6.07, 6.45) is -0.108. The lowest BCUT2D eigenvalue weighted by Gasteiger charge is -2.20. The number of nitrogens with one attached hydrogen (secondary N) is 1. The van der Waals surface area contributed by atoms with Crippen LogP contribution in [0.15, 0.2) is 18.2 Å². The van der Waals surface area contributed by atoms with Gasteiger partial charge in [0.2, 0.25) is 5.91 Å². The zero-order chi connectivity index (χ0) is 16.2. The van der Waals surface area contributed by atoms with Gasteiger partial charge < -0.3 is 25.6 Å². The Balaban J connectivity index is 2.97. The van der Waals surface area contributed by atoms with Crippen molar-refractivity contribution in [2.24, 2.45) is 5.92 Å². The molecule has 8 heteroatoms. The molecule has 1 aromatic carbocycles. The third kappa shape index (κ3) is 4.47. The largest absolute Gasteiger partial charge is 0.507 e. The zero-order valence-corrected chi connectivity index (χ0v) is 11.8. The SMILES string of the molecule is CC(C)C(=O)NC(Cc1cccc(C(=O)O)c1O)B(O)O. The molecule has 0 saturated heterocycles. The lowest BCUT2D eigenvalue weighted by Crippen LogP contribution is -2.49. The van der Waals surface area contributed by atoms with Crippen molar-refractivity contribution in [2.45, 2.75) is 26.2 Å². The van der Waals surface area contributed by atoms with Crippen LogP contribution in [0.3, 0.4) is 0 Å². The first-order chi connectivity index (χ1) is 9.73. The van der Waals surface area contributed by atoms with Crippen molar-refractivity contribution in [1.82, 2.24) is 5.32 Å². The lowest BCUT2D eigenvalue weighted by molar-refractivity contribution is -0.124. The van der Waals surface area contributed by atoms with Crippen LogP contribution in [0.2, 0.25) is 0 Å². The van der Waals surface area contributed by atoms with Gasteiger partial charge in [-0.1, -0.05) is 26.0 Å². The number of para-hydroxylation sites is 1. The molecule has 0 heterocycles. The van der Waals surface area contributed by atoms with Crippen molar-refractivity contribution in [3.05, 3.63) is 29.3 Å². The smallest absolute Gasteiger partial charge is 0.475 e. The highest BCUT2D eigenvalue weighted by Gasteiger charge is 2.28. The fourth-order valence-electron chi connectivity index (χ4n) is 1.75. The molecule has 0 fully saturated rings. The maximum absolute atomic E-state index is 11.6. The lowest BCUT2D eigenvalue weighted by atomic mass is 9.75. The van der Waals surface area contributed by atoms with Gasteiger partial charge >= 0.3 is 13.1 Å². The molecular formula is C13H18BNO6. The second kappa shape index (κ2) is 7.10. The Labute approximate surface area is 122 Å². The van der Waals surface area contributed by atoms with Crippen LogP contribution in [0.25, 0.3) is 0 Å². The third-order valence-corrected chi connectivity index (χ3v) is 3.00. The Hall–Kier alpha value is -2.06. The number of carboxylic acid groups (broad SMARTS) is 1. The average Bonchev–Trinajstić information content (AvgIpc) is 2.39. The standard InChI is InChI=1S/C13H18BNO6/c1-7(2)12(17)15-10(14(20)21)6-8-4-3-5-9(11(8)16)13(18)19/h3-5,7,10,16,20-21H,6H2,1-2H3,(H,15,17)(H,18,19). The van der Waals surface area contributed by atoms with Crippen molar-refractivity contribution in [3.63, 3.8) is 0 Å². The summed E-state index contributed by atoms with van der Waals surface area (Å²) in [7, 11) is -1.83. The van der Waals surface area contributed by atoms with E-state index in [0.717, 1.165) is 0 Å². The molecule has 1 amide bonds. The van der Waals surface area contributed by atoms with E-state index in [0.29, 0.717) is 0 Å². The Kier molecular flexibility index (Phi) is 5.74. The first-order valence-corrected chi connectivity index (χ1v) is 6.44. The molecule has 21 heavy (non-hydrogen) atoms. The Morgan fingerprint density at radius 2 is 1.90 bits per heavy atom. The van der Waals surface area contributed by atoms with Gasteiger partial charge in [-0.3, -0.25) is 4.79 Å². The van der Waals surface area contributed by atoms with E-state index >= 15 is 0 Å². The summed E-state index contributed by atoms with van der Waals surface area (Å²) in [6.45, 7) is 3.30. The number of hydrogen-bond donors (Lipinski definition) is 5. The van der Waals surface area contributed by atoms with Crippen molar-refractivity contribution in [3.8, 4) is 5.75 Å². The van der Waals surface area contributed by atoms with E-state index in [9.17, 15) is 24.7 Å². The van der Waals surface area contributed by atoms with Crippen LogP contribution in [0.4, 0.5) is 0 Å². The summed E-state index contributed by atoms with van der Waals surface area (Å²) >= 11 is 0. The molecule has 0 aromatic heterocycles. The molecule has 1 atom stereocenters. The van der Waals surface area contributed by atoms with E-state index in [4.69, 9.17) is 5.11 Å². The predicted molar refractivity (Wildman–Crippen MR) is 75.7 cm³/mol. The predicted octanol–water partition coefficient (Wildman–Crippen LogP) is -0.214. The number of hydrogen-bond acceptors (Lipinski definition) is 5. The zero-order valence-electron chi connectivity index (χ0n) is 11.8. The monoisotopic (exact) mass is 295 g/mol. The summed E-state index contributed by atoms with van der Waals surface area (Å²) < 4.78 is 0. The van der Waals surface area contributed by atoms with Crippen molar-refractivity contribution >= 4 is 19.0 Å². The number of aromatic carboxylic acids is 1. The number of carbonyl (C=O) groups excluding carboxylic acids is 1. The number of aromatic hydroxyl groups is 1. The first-order valence-electron chi connectivity index (χ1n) is 6.44. The van der Waals surface area contributed by atoms with E-state index in [1.54, 1.807) is 13.8 Å². The highest BCUT2D eigenvalue weighted by Crippen LogP contribution is 2.24. The Morgan fingerprint density at radius 3 is 2.38 bits per heavy atom. The second-order valence-electron chi connectivity index (χ2n) is 5.01. The molecule has 0 bridgehead atoms. The van der Waals surface area contributed by atoms with Gasteiger partial charge in [-0.25, -0.2) is 4.79 Å². The summed E-state index contributed by atoms with van der Waals surface area (Å²) in [5.41, 5.74) is -0.0779. The minimum atomic E-state index is -1.83. The fraction of sp³-hybridized carbons (Fsp3) is 0.385. The molecule has 1 aromatic rings. The molecule has 0 aliphatic heterocycles. The normalized spacial score (nSPS) is 12.0. The van der Waals surface area contributed by atoms with Gasteiger partial charge in [0.1, 0.15) is 11.3 Å². The second-order valence-corrected chi connectivity index (χ2v) is 5.01. The van der Waals surface area contributed by atoms with Crippen LogP contribution in [0.1, 0.15) is 29.8 Å². The topological polar surface area (TPSA) is 127 Å². The van der Waals surface area contributed by atoms with E-state index < -0.39 is 24.8 Å². The van der Waals surface area contributed by atoms with Crippen LogP contribution in [0, 0.1) is 5.92 Å². The average molecular weight is 295 g/mol. The number of carboxylic acids is 1. The van der Waals surface area contributed by atoms with Gasteiger partial charge in [0, 0.05) is 5.92 Å². The number of benzene rings is 1. The van der Waals surface area contributed by atoms with Gasteiger partial charge in [0.15, 0.2) is 0 Å². The molecule has 0 saturated carbocycles. The van der Waals surface area contributed by atoms with Crippen molar-refractivity contribution in [1.29, 1.82) is 0 Å². The third-order valence-electron chi connectivity index (χ3n) is 3.00. The van der Waals surface area contributed by atoms with Gasteiger partial charge in [-0.05, 0) is 18.1 Å². The molecule has 0 aliphatic rings. The van der Waals surface area contributed by atoms with Crippen LogP contribution in [-0.4, -0.2) is 45.2 Å². The van der Waals surface area contributed by atoms with Crippen molar-refractivity contribution < 1.29 is 29.9 Å². The Morgan fingerprint density at radius 1 is 1.29 bits per heavy atom. The maximum atomic E-state index is 11.6. The maximum Gasteiger partial charge on any atom is 0.475 e. The number of carbonyl (C=O) groups is 2. The Bertz CT molecular complexity index is 531. The number of phenols is 1. The number of amides is 1. The van der Waals surface area contributed by atoms with Crippen LogP contribution >= 0.6 is 0 Å². The van der Waals surface area contributed by atoms with Gasteiger partial charge in [0.25, 0.3) is 0 Å². The van der Waals surface area contributed by atoms with E-state index in [2.05, 4.69) is 5.32 Å². The van der Waals surface area contributed by atoms with Crippen LogP contribution in [0.5, 0.6) is 5.75 Å². The quantitative estimate of drug-likeness (QED) is 0.462.